The maximum atomic E-state index is 12.7. The number of pyridine rings is 1. The Hall–Kier alpha value is -3.29. The van der Waals surface area contributed by atoms with Crippen LogP contribution in [0.2, 0.25) is 0 Å². The van der Waals surface area contributed by atoms with E-state index in [1.165, 1.54) is 24.3 Å². The lowest BCUT2D eigenvalue weighted by Gasteiger charge is -2.08. The van der Waals surface area contributed by atoms with Crippen molar-refractivity contribution in [2.45, 2.75) is 11.4 Å². The number of hydrogen-bond acceptors (Lipinski definition) is 3. The van der Waals surface area contributed by atoms with Crippen molar-refractivity contribution >= 4 is 15.9 Å². The molecule has 3 aromatic rings. The number of aromatic nitrogens is 1. The summed E-state index contributed by atoms with van der Waals surface area (Å²) >= 11 is 0. The summed E-state index contributed by atoms with van der Waals surface area (Å²) in [6.45, 7) is 4.16. The van der Waals surface area contributed by atoms with Gasteiger partial charge in [0.05, 0.1) is 4.90 Å². The van der Waals surface area contributed by atoms with Crippen molar-refractivity contribution in [2.24, 2.45) is 4.99 Å². The summed E-state index contributed by atoms with van der Waals surface area (Å²) in [5, 5.41) is 0. The molecule has 2 aromatic carbocycles. The molecule has 1 heterocycles. The second kappa shape index (κ2) is 9.27. The minimum atomic E-state index is -3.72. The molecule has 29 heavy (non-hydrogen) atoms. The second-order valence-electron chi connectivity index (χ2n) is 6.26. The average molecular weight is 407 g/mol. The monoisotopic (exact) mass is 407 g/mol. The minimum absolute atomic E-state index is 0.00521. The highest BCUT2D eigenvalue weighted by Gasteiger charge is 2.15. The van der Waals surface area contributed by atoms with Crippen molar-refractivity contribution in [1.82, 2.24) is 9.29 Å². The molecule has 6 nitrogen and oxygen atoms in total. The molecule has 0 fully saturated rings. The fourth-order valence-corrected chi connectivity index (χ4v) is 3.74. The summed E-state index contributed by atoms with van der Waals surface area (Å²) in [5.74, 6) is -0.515. The third kappa shape index (κ3) is 5.37. The van der Waals surface area contributed by atoms with Crippen molar-refractivity contribution in [1.29, 1.82) is 0 Å². The molecule has 7 heteroatoms. The van der Waals surface area contributed by atoms with E-state index in [9.17, 15) is 13.2 Å². The first kappa shape index (κ1) is 20.4. The van der Waals surface area contributed by atoms with E-state index in [1.807, 2.05) is 47.2 Å². The Morgan fingerprint density at radius 3 is 2.55 bits per heavy atom. The van der Waals surface area contributed by atoms with Crippen LogP contribution in [-0.4, -0.2) is 25.4 Å². The Bertz CT molecular complexity index is 1180. The van der Waals surface area contributed by atoms with Crippen molar-refractivity contribution in [3.05, 3.63) is 108 Å². The van der Waals surface area contributed by atoms with Crippen molar-refractivity contribution in [3.8, 4) is 0 Å². The predicted octanol–water partition coefficient (Wildman–Crippen LogP) is 2.74. The van der Waals surface area contributed by atoms with Crippen LogP contribution in [0, 0.1) is 0 Å². The van der Waals surface area contributed by atoms with Crippen LogP contribution in [0.25, 0.3) is 0 Å². The van der Waals surface area contributed by atoms with Gasteiger partial charge in [-0.25, -0.2) is 13.1 Å². The van der Waals surface area contributed by atoms with E-state index < -0.39 is 15.9 Å². The molecule has 0 saturated heterocycles. The summed E-state index contributed by atoms with van der Waals surface area (Å²) in [7, 11) is -3.72. The van der Waals surface area contributed by atoms with Crippen molar-refractivity contribution in [3.63, 3.8) is 0 Å². The molecule has 3 rings (SSSR count). The molecule has 0 atom stereocenters. The van der Waals surface area contributed by atoms with Crippen LogP contribution in [0.5, 0.6) is 0 Å². The van der Waals surface area contributed by atoms with Gasteiger partial charge in [0.15, 0.2) is 0 Å². The Labute approximate surface area is 169 Å². The molecule has 0 aliphatic rings. The van der Waals surface area contributed by atoms with Crippen molar-refractivity contribution in [2.75, 3.05) is 6.54 Å². The normalized spacial score (nSPS) is 11.9. The summed E-state index contributed by atoms with van der Waals surface area (Å²) in [4.78, 5) is 16.9. The van der Waals surface area contributed by atoms with Crippen LogP contribution in [-0.2, 0) is 16.6 Å². The molecule has 1 N–H and O–H groups in total. The first-order chi connectivity index (χ1) is 14.0. The van der Waals surface area contributed by atoms with Gasteiger partial charge in [-0.3, -0.25) is 4.79 Å². The Morgan fingerprint density at radius 1 is 1.03 bits per heavy atom. The smallest absolute Gasteiger partial charge is 0.278 e. The highest BCUT2D eigenvalue weighted by atomic mass is 32.2. The average Bonchev–Trinajstić information content (AvgIpc) is 2.74. The van der Waals surface area contributed by atoms with E-state index in [2.05, 4.69) is 16.3 Å². The molecule has 0 radical (unpaired) electrons. The summed E-state index contributed by atoms with van der Waals surface area (Å²) < 4.78 is 28.8. The second-order valence-corrected chi connectivity index (χ2v) is 8.02. The first-order valence-corrected chi connectivity index (χ1v) is 10.5. The number of amides is 1. The number of nitrogens with one attached hydrogen (secondary N) is 1. The number of rotatable bonds is 7. The molecule has 0 aliphatic heterocycles. The lowest BCUT2D eigenvalue weighted by atomic mass is 10.2. The Balaban J connectivity index is 1.92. The highest BCUT2D eigenvalue weighted by Crippen LogP contribution is 2.12. The number of benzene rings is 2. The topological polar surface area (TPSA) is 80.5 Å². The van der Waals surface area contributed by atoms with Crippen LogP contribution < -0.4 is 10.2 Å². The van der Waals surface area contributed by atoms with Gasteiger partial charge in [0, 0.05) is 24.8 Å². The highest BCUT2D eigenvalue weighted by molar-refractivity contribution is 7.89. The van der Waals surface area contributed by atoms with Gasteiger partial charge in [-0.05, 0) is 35.9 Å². The third-order valence-corrected chi connectivity index (χ3v) is 5.56. The predicted molar refractivity (Wildman–Crippen MR) is 112 cm³/mol. The maximum absolute atomic E-state index is 12.7. The fourth-order valence-electron chi connectivity index (χ4n) is 2.70. The van der Waals surface area contributed by atoms with Gasteiger partial charge in [0.2, 0.25) is 10.0 Å². The summed E-state index contributed by atoms with van der Waals surface area (Å²) in [6, 6.07) is 21.1. The van der Waals surface area contributed by atoms with Crippen LogP contribution in [0.1, 0.15) is 15.9 Å². The zero-order valence-corrected chi connectivity index (χ0v) is 16.5. The lowest BCUT2D eigenvalue weighted by molar-refractivity contribution is 0.0997. The van der Waals surface area contributed by atoms with Gasteiger partial charge in [-0.15, -0.1) is 6.58 Å². The first-order valence-electron chi connectivity index (χ1n) is 8.99. The molecule has 0 saturated carbocycles. The Morgan fingerprint density at radius 2 is 1.79 bits per heavy atom. The van der Waals surface area contributed by atoms with E-state index in [4.69, 9.17) is 0 Å². The number of carbonyl (C=O) groups is 1. The zero-order chi connectivity index (χ0) is 20.7. The molecule has 148 valence electrons. The van der Waals surface area contributed by atoms with Gasteiger partial charge in [0.25, 0.3) is 5.91 Å². The molecular formula is C22H21N3O3S. The van der Waals surface area contributed by atoms with Crippen LogP contribution in [0.15, 0.2) is 102 Å². The zero-order valence-electron chi connectivity index (χ0n) is 15.7. The van der Waals surface area contributed by atoms with Gasteiger partial charge >= 0.3 is 0 Å². The largest absolute Gasteiger partial charge is 0.328 e. The molecule has 1 aromatic heterocycles. The Kier molecular flexibility index (Phi) is 6.54. The SMILES string of the molecule is C=CCNS(=O)(=O)c1cccc(C(=O)N=c2ccccn2Cc2ccccc2)c1. The molecule has 0 bridgehead atoms. The fraction of sp³-hybridized carbons (Fsp3) is 0.0909. The van der Waals surface area contributed by atoms with Crippen LogP contribution in [0.4, 0.5) is 0 Å². The maximum Gasteiger partial charge on any atom is 0.278 e. The van der Waals surface area contributed by atoms with E-state index in [-0.39, 0.29) is 17.0 Å². The summed E-state index contributed by atoms with van der Waals surface area (Å²) in [5.41, 5.74) is 1.76. The van der Waals surface area contributed by atoms with Gasteiger partial charge in [-0.1, -0.05) is 48.5 Å². The van der Waals surface area contributed by atoms with Gasteiger partial charge in [0.1, 0.15) is 5.49 Å². The van der Waals surface area contributed by atoms with Crippen molar-refractivity contribution < 1.29 is 13.2 Å². The molecule has 0 aliphatic carbocycles. The van der Waals surface area contributed by atoms with Crippen LogP contribution in [0.3, 0.4) is 0 Å². The third-order valence-electron chi connectivity index (χ3n) is 4.14. The van der Waals surface area contributed by atoms with E-state index in [1.54, 1.807) is 18.2 Å². The molecule has 0 unspecified atom stereocenters. The standard InChI is InChI=1S/C22H21N3O3S/c1-2-14-23-29(27,28)20-12-8-11-19(16-20)22(26)24-21-13-6-7-15-25(21)17-18-9-4-3-5-10-18/h2-13,15-16,23H,1,14,17H2. The summed E-state index contributed by atoms with van der Waals surface area (Å²) in [6.07, 6.45) is 3.29. The van der Waals surface area contributed by atoms with E-state index >= 15 is 0 Å². The van der Waals surface area contributed by atoms with Gasteiger partial charge < -0.3 is 4.57 Å². The van der Waals surface area contributed by atoms with Gasteiger partial charge in [-0.2, -0.15) is 4.99 Å². The quantitative estimate of drug-likeness (QED) is 0.612. The van der Waals surface area contributed by atoms with E-state index in [0.29, 0.717) is 12.0 Å². The number of nitrogens with zero attached hydrogens (tertiary/aromatic N) is 2. The molecule has 0 spiro atoms. The number of hydrogen-bond donors (Lipinski definition) is 1. The minimum Gasteiger partial charge on any atom is -0.328 e. The van der Waals surface area contributed by atoms with E-state index in [0.717, 1.165) is 5.56 Å². The van der Waals surface area contributed by atoms with Crippen LogP contribution >= 0.6 is 0 Å². The number of sulfonamides is 1. The molecular weight excluding hydrogens is 386 g/mol. The number of carbonyl (C=O) groups excluding carboxylic acids is 1. The lowest BCUT2D eigenvalue weighted by Crippen LogP contribution is -2.24. The molecule has 1 amide bonds.